The van der Waals surface area contributed by atoms with E-state index in [1.54, 1.807) is 18.2 Å². The van der Waals surface area contributed by atoms with Gasteiger partial charge in [-0.2, -0.15) is 4.31 Å². The van der Waals surface area contributed by atoms with Gasteiger partial charge in [0.25, 0.3) is 10.0 Å². The maximum Gasteiger partial charge on any atom is 0.314 e. The van der Waals surface area contributed by atoms with Crippen molar-refractivity contribution in [1.29, 1.82) is 0 Å². The summed E-state index contributed by atoms with van der Waals surface area (Å²) in [5.74, 6) is 0.00387. The largest absolute Gasteiger partial charge is 0.426 e. The van der Waals surface area contributed by atoms with Crippen LogP contribution in [0.2, 0.25) is 0 Å². The van der Waals surface area contributed by atoms with Gasteiger partial charge in [0.15, 0.2) is 0 Å². The summed E-state index contributed by atoms with van der Waals surface area (Å²) < 4.78 is 33.4. The average molecular weight is 458 g/mol. The summed E-state index contributed by atoms with van der Waals surface area (Å²) in [5, 5.41) is 0. The first kappa shape index (κ1) is 19.5. The Hall–Kier alpha value is -1.22. The lowest BCUT2D eigenvalue weighted by molar-refractivity contribution is -0.140. The van der Waals surface area contributed by atoms with Gasteiger partial charge in [-0.1, -0.05) is 17.7 Å². The molecule has 1 aliphatic heterocycles. The predicted octanol–water partition coefficient (Wildman–Crippen LogP) is 4.13. The molecule has 1 fully saturated rings. The van der Waals surface area contributed by atoms with E-state index in [0.717, 1.165) is 14.9 Å². The number of aryl methyl sites for hydroxylation is 2. The zero-order valence-electron chi connectivity index (χ0n) is 14.6. The van der Waals surface area contributed by atoms with Crippen LogP contribution in [0.15, 0.2) is 38.3 Å². The quantitative estimate of drug-likeness (QED) is 0.511. The van der Waals surface area contributed by atoms with Gasteiger partial charge in [-0.05, 0) is 66.4 Å². The molecule has 1 aromatic heterocycles. The topological polar surface area (TPSA) is 63.7 Å². The smallest absolute Gasteiger partial charge is 0.314 e. The van der Waals surface area contributed by atoms with Crippen molar-refractivity contribution in [2.24, 2.45) is 5.92 Å². The molecule has 2 heterocycles. The standard InChI is InChI=1S/C18H20BrNO4S2/c1-12-3-4-15(13(2)11-12)24-18(21)14-7-9-20(10-8-14)26(22,23)17-6-5-16(19)25-17/h3-6,11,14H,7-10H2,1-2H3. The number of ether oxygens (including phenoxy) is 1. The van der Waals surface area contributed by atoms with Crippen molar-refractivity contribution >= 4 is 43.3 Å². The number of hydrogen-bond donors (Lipinski definition) is 0. The lowest BCUT2D eigenvalue weighted by Crippen LogP contribution is -2.40. The second kappa shape index (κ2) is 7.80. The van der Waals surface area contributed by atoms with Crippen LogP contribution in [0.5, 0.6) is 5.75 Å². The molecule has 5 nitrogen and oxygen atoms in total. The molecule has 0 aliphatic carbocycles. The number of benzene rings is 1. The van der Waals surface area contributed by atoms with Crippen molar-refractivity contribution in [3.05, 3.63) is 45.2 Å². The molecule has 0 spiro atoms. The highest BCUT2D eigenvalue weighted by atomic mass is 79.9. The maximum atomic E-state index is 12.6. The highest BCUT2D eigenvalue weighted by Crippen LogP contribution is 2.31. The summed E-state index contributed by atoms with van der Waals surface area (Å²) in [6, 6.07) is 9.01. The van der Waals surface area contributed by atoms with Crippen LogP contribution in [-0.4, -0.2) is 31.8 Å². The minimum absolute atomic E-state index is 0.280. The molecule has 140 valence electrons. The van der Waals surface area contributed by atoms with E-state index in [1.807, 2.05) is 26.0 Å². The summed E-state index contributed by atoms with van der Waals surface area (Å²) in [4.78, 5) is 12.4. The molecule has 1 aliphatic rings. The van der Waals surface area contributed by atoms with Gasteiger partial charge >= 0.3 is 5.97 Å². The van der Waals surface area contributed by atoms with E-state index in [0.29, 0.717) is 35.9 Å². The third kappa shape index (κ3) is 4.19. The van der Waals surface area contributed by atoms with Crippen molar-refractivity contribution in [1.82, 2.24) is 4.31 Å². The monoisotopic (exact) mass is 457 g/mol. The molecule has 0 N–H and O–H groups in total. The van der Waals surface area contributed by atoms with E-state index in [4.69, 9.17) is 4.74 Å². The first-order valence-corrected chi connectivity index (χ1v) is 11.4. The van der Waals surface area contributed by atoms with Gasteiger partial charge in [0.2, 0.25) is 0 Å². The van der Waals surface area contributed by atoms with Crippen LogP contribution in [0, 0.1) is 19.8 Å². The number of carbonyl (C=O) groups excluding carboxylic acids is 1. The van der Waals surface area contributed by atoms with Crippen LogP contribution in [0.25, 0.3) is 0 Å². The van der Waals surface area contributed by atoms with Gasteiger partial charge in [0.05, 0.1) is 9.70 Å². The Balaban J connectivity index is 1.62. The van der Waals surface area contributed by atoms with Gasteiger partial charge in [0.1, 0.15) is 9.96 Å². The SMILES string of the molecule is Cc1ccc(OC(=O)C2CCN(S(=O)(=O)c3ccc(Br)s3)CC2)c(C)c1. The van der Waals surface area contributed by atoms with Crippen LogP contribution in [0.4, 0.5) is 0 Å². The van der Waals surface area contributed by atoms with Gasteiger partial charge in [-0.3, -0.25) is 4.79 Å². The molecule has 0 unspecified atom stereocenters. The van der Waals surface area contributed by atoms with Crippen LogP contribution in [-0.2, 0) is 14.8 Å². The van der Waals surface area contributed by atoms with Crippen molar-refractivity contribution in [2.45, 2.75) is 30.9 Å². The molecule has 8 heteroatoms. The third-order valence-electron chi connectivity index (χ3n) is 4.47. The second-order valence-electron chi connectivity index (χ2n) is 6.43. The number of nitrogens with zero attached hydrogens (tertiary/aromatic N) is 1. The number of hydrogen-bond acceptors (Lipinski definition) is 5. The van der Waals surface area contributed by atoms with Crippen molar-refractivity contribution in [2.75, 3.05) is 13.1 Å². The van der Waals surface area contributed by atoms with Crippen LogP contribution < -0.4 is 4.74 Å². The van der Waals surface area contributed by atoms with E-state index in [1.165, 1.54) is 15.6 Å². The lowest BCUT2D eigenvalue weighted by atomic mass is 9.98. The Morgan fingerprint density at radius 3 is 2.46 bits per heavy atom. The Morgan fingerprint density at radius 1 is 1.19 bits per heavy atom. The molecular formula is C18H20BrNO4S2. The second-order valence-corrected chi connectivity index (χ2v) is 11.1. The van der Waals surface area contributed by atoms with E-state index in [2.05, 4.69) is 15.9 Å². The van der Waals surface area contributed by atoms with Crippen LogP contribution >= 0.6 is 27.3 Å². The summed E-state index contributed by atoms with van der Waals surface area (Å²) in [5.41, 5.74) is 2.03. The van der Waals surface area contributed by atoms with Gasteiger partial charge in [0, 0.05) is 13.1 Å². The molecule has 1 saturated heterocycles. The first-order valence-electron chi connectivity index (χ1n) is 8.32. The first-order chi connectivity index (χ1) is 12.3. The molecule has 3 rings (SSSR count). The fourth-order valence-corrected chi connectivity index (χ4v) is 6.63. The molecule has 0 amide bonds. The van der Waals surface area contributed by atoms with E-state index < -0.39 is 10.0 Å². The van der Waals surface area contributed by atoms with E-state index in [-0.39, 0.29) is 11.9 Å². The molecule has 1 aromatic carbocycles. The Bertz CT molecular complexity index is 915. The number of thiophene rings is 1. The van der Waals surface area contributed by atoms with Crippen LogP contribution in [0.1, 0.15) is 24.0 Å². The highest BCUT2D eigenvalue weighted by Gasteiger charge is 2.33. The summed E-state index contributed by atoms with van der Waals surface area (Å²) in [6.45, 7) is 4.54. The van der Waals surface area contributed by atoms with Crippen molar-refractivity contribution in [3.8, 4) is 5.75 Å². The van der Waals surface area contributed by atoms with Gasteiger partial charge in [-0.15, -0.1) is 11.3 Å². The molecule has 0 bridgehead atoms. The molecule has 26 heavy (non-hydrogen) atoms. The summed E-state index contributed by atoms with van der Waals surface area (Å²) >= 11 is 4.49. The zero-order valence-corrected chi connectivity index (χ0v) is 17.8. The number of piperidine rings is 1. The highest BCUT2D eigenvalue weighted by molar-refractivity contribution is 9.11. The zero-order chi connectivity index (χ0) is 18.9. The summed E-state index contributed by atoms with van der Waals surface area (Å²) in [6.07, 6.45) is 0.936. The minimum Gasteiger partial charge on any atom is -0.426 e. The number of esters is 1. The maximum absolute atomic E-state index is 12.6. The van der Waals surface area contributed by atoms with Crippen LogP contribution in [0.3, 0.4) is 0 Å². The molecule has 0 radical (unpaired) electrons. The third-order valence-corrected chi connectivity index (χ3v) is 8.46. The fraction of sp³-hybridized carbons (Fsp3) is 0.389. The van der Waals surface area contributed by atoms with E-state index >= 15 is 0 Å². The molecule has 2 aromatic rings. The number of halogens is 1. The summed E-state index contributed by atoms with van der Waals surface area (Å²) in [7, 11) is -3.49. The Kier molecular flexibility index (Phi) is 5.86. The fourth-order valence-electron chi connectivity index (χ4n) is 3.00. The molecule has 0 atom stereocenters. The lowest BCUT2D eigenvalue weighted by Gasteiger charge is -2.29. The molecule has 0 saturated carbocycles. The van der Waals surface area contributed by atoms with Crippen molar-refractivity contribution in [3.63, 3.8) is 0 Å². The average Bonchev–Trinajstić information content (AvgIpc) is 3.05. The normalized spacial score (nSPS) is 16.6. The molecular weight excluding hydrogens is 438 g/mol. The number of sulfonamides is 1. The Morgan fingerprint density at radius 2 is 1.88 bits per heavy atom. The minimum atomic E-state index is -3.49. The van der Waals surface area contributed by atoms with Crippen molar-refractivity contribution < 1.29 is 17.9 Å². The number of carbonyl (C=O) groups is 1. The van der Waals surface area contributed by atoms with Gasteiger partial charge in [-0.25, -0.2) is 8.42 Å². The Labute approximate surface area is 166 Å². The predicted molar refractivity (Wildman–Crippen MR) is 105 cm³/mol. The van der Waals surface area contributed by atoms with Gasteiger partial charge < -0.3 is 4.74 Å². The van der Waals surface area contributed by atoms with E-state index in [9.17, 15) is 13.2 Å². The number of rotatable bonds is 4.